The highest BCUT2D eigenvalue weighted by Crippen LogP contribution is 2.40. The number of hydrogen-bond acceptors (Lipinski definition) is 4. The average Bonchev–Trinajstić information content (AvgIpc) is 3.80. The van der Waals surface area contributed by atoms with Crippen molar-refractivity contribution in [3.8, 4) is 51.0 Å². The Morgan fingerprint density at radius 3 is 1.65 bits per heavy atom. The summed E-state index contributed by atoms with van der Waals surface area (Å²) in [5.41, 5.74) is 10.8. The molecule has 0 N–H and O–H groups in total. The van der Waals surface area contributed by atoms with Crippen LogP contribution in [0.3, 0.4) is 0 Å². The predicted octanol–water partition coefficient (Wildman–Crippen LogP) is 9.88. The Morgan fingerprint density at radius 1 is 0.375 bits per heavy atom. The van der Waals surface area contributed by atoms with Gasteiger partial charge < -0.3 is 4.57 Å². The Bertz CT molecular complexity index is 2620. The molecule has 6 nitrogen and oxygen atoms in total. The van der Waals surface area contributed by atoms with Crippen molar-refractivity contribution in [2.75, 3.05) is 0 Å². The molecule has 6 aromatic carbocycles. The van der Waals surface area contributed by atoms with Crippen molar-refractivity contribution in [1.82, 2.24) is 29.1 Å². The molecule has 0 aliphatic carbocycles. The van der Waals surface area contributed by atoms with Crippen molar-refractivity contribution in [3.63, 3.8) is 0 Å². The number of rotatable bonds is 5. The molecule has 48 heavy (non-hydrogen) atoms. The van der Waals surface area contributed by atoms with Crippen molar-refractivity contribution in [3.05, 3.63) is 158 Å². The summed E-state index contributed by atoms with van der Waals surface area (Å²) in [7, 11) is 0. The van der Waals surface area contributed by atoms with Gasteiger partial charge in [0.2, 0.25) is 0 Å². The van der Waals surface area contributed by atoms with Gasteiger partial charge in [-0.1, -0.05) is 109 Å². The van der Waals surface area contributed by atoms with E-state index in [-0.39, 0.29) is 0 Å². The first-order valence-corrected chi connectivity index (χ1v) is 16.0. The molecular formula is C42H26N6. The van der Waals surface area contributed by atoms with Crippen molar-refractivity contribution in [1.29, 1.82) is 0 Å². The molecular weight excluding hydrogens is 589 g/mol. The molecule has 0 radical (unpaired) electrons. The number of nitrogens with zero attached hydrogens (tertiary/aromatic N) is 6. The Morgan fingerprint density at radius 2 is 0.938 bits per heavy atom. The van der Waals surface area contributed by atoms with Gasteiger partial charge in [0.25, 0.3) is 0 Å². The fraction of sp³-hybridized carbons (Fsp3) is 0. The minimum atomic E-state index is 0.642. The highest BCUT2D eigenvalue weighted by atomic mass is 15.2. The van der Waals surface area contributed by atoms with Crippen LogP contribution >= 0.6 is 0 Å². The van der Waals surface area contributed by atoms with Crippen LogP contribution in [0.5, 0.6) is 0 Å². The summed E-state index contributed by atoms with van der Waals surface area (Å²) in [4.78, 5) is 14.7. The first kappa shape index (κ1) is 26.5. The Balaban J connectivity index is 1.07. The van der Waals surface area contributed by atoms with E-state index in [0.717, 1.165) is 44.5 Å². The highest BCUT2D eigenvalue weighted by Gasteiger charge is 2.20. The van der Waals surface area contributed by atoms with Gasteiger partial charge in [-0.2, -0.15) is 5.10 Å². The summed E-state index contributed by atoms with van der Waals surface area (Å²) in [6.07, 6.45) is 1.88. The van der Waals surface area contributed by atoms with Crippen LogP contribution in [0.15, 0.2) is 158 Å². The minimum Gasteiger partial charge on any atom is -0.309 e. The van der Waals surface area contributed by atoms with Gasteiger partial charge in [-0.3, -0.25) is 0 Å². The second-order valence-electron chi connectivity index (χ2n) is 12.0. The van der Waals surface area contributed by atoms with Gasteiger partial charge in [0.1, 0.15) is 0 Å². The summed E-state index contributed by atoms with van der Waals surface area (Å²) in [6.45, 7) is 0. The maximum atomic E-state index is 4.94. The van der Waals surface area contributed by atoms with Crippen LogP contribution in [0.25, 0.3) is 89.2 Å². The summed E-state index contributed by atoms with van der Waals surface area (Å²) in [5, 5.41) is 8.38. The monoisotopic (exact) mass is 614 g/mol. The van der Waals surface area contributed by atoms with Crippen molar-refractivity contribution in [2.24, 2.45) is 0 Å². The average molecular weight is 615 g/mol. The topological polar surface area (TPSA) is 60.9 Å². The van der Waals surface area contributed by atoms with Crippen LogP contribution in [0, 0.1) is 0 Å². The molecule has 0 amide bonds. The maximum Gasteiger partial charge on any atom is 0.164 e. The lowest BCUT2D eigenvalue weighted by molar-refractivity contribution is 1.01. The first-order valence-electron chi connectivity index (χ1n) is 16.0. The zero-order chi connectivity index (χ0) is 31.6. The molecule has 0 atom stereocenters. The van der Waals surface area contributed by atoms with Crippen molar-refractivity contribution < 1.29 is 0 Å². The molecule has 0 saturated carbocycles. The molecule has 0 saturated heterocycles. The molecule has 10 rings (SSSR count). The Labute approximate surface area is 275 Å². The Hall–Kier alpha value is -6.66. The van der Waals surface area contributed by atoms with Gasteiger partial charge in [-0.25, -0.2) is 19.5 Å². The fourth-order valence-electron chi connectivity index (χ4n) is 7.04. The summed E-state index contributed by atoms with van der Waals surface area (Å²) in [5.74, 6) is 1.95. The van der Waals surface area contributed by atoms with Crippen LogP contribution in [-0.4, -0.2) is 29.1 Å². The molecule has 4 heterocycles. The number of pyridine rings is 1. The molecule has 0 unspecified atom stereocenters. The number of hydrogen-bond donors (Lipinski definition) is 0. The lowest BCUT2D eigenvalue weighted by Crippen LogP contribution is -2.00. The predicted molar refractivity (Wildman–Crippen MR) is 193 cm³/mol. The number of aromatic nitrogens is 6. The zero-order valence-electron chi connectivity index (χ0n) is 25.7. The van der Waals surface area contributed by atoms with Crippen LogP contribution in [0.4, 0.5) is 0 Å². The molecule has 224 valence electrons. The molecule has 0 aliphatic rings. The van der Waals surface area contributed by atoms with Gasteiger partial charge in [0, 0.05) is 38.5 Å². The van der Waals surface area contributed by atoms with Gasteiger partial charge in [0.15, 0.2) is 17.5 Å². The van der Waals surface area contributed by atoms with Crippen molar-refractivity contribution in [2.45, 2.75) is 0 Å². The second kappa shape index (κ2) is 10.4. The van der Waals surface area contributed by atoms with Gasteiger partial charge in [0.05, 0.1) is 28.3 Å². The SMILES string of the molecule is c1ccc(-c2nc(-c3ccccc3)nc(-c3cccc(-c4ccc(-n5c6cccc7c6c6c5cccc6n5nccc75)cc4)c3)n2)cc1. The summed E-state index contributed by atoms with van der Waals surface area (Å²) < 4.78 is 4.42. The number of fused-ring (bicyclic) bond motifs is 3. The zero-order valence-corrected chi connectivity index (χ0v) is 25.7. The molecule has 0 spiro atoms. The second-order valence-corrected chi connectivity index (χ2v) is 12.0. The van der Waals surface area contributed by atoms with Gasteiger partial charge in [-0.15, -0.1) is 0 Å². The van der Waals surface area contributed by atoms with E-state index < -0.39 is 0 Å². The highest BCUT2D eigenvalue weighted by molar-refractivity contribution is 6.26. The van der Waals surface area contributed by atoms with Gasteiger partial charge in [-0.05, 0) is 53.6 Å². The van der Waals surface area contributed by atoms with E-state index in [1.165, 1.54) is 27.2 Å². The Kier molecular flexibility index (Phi) is 5.77. The van der Waals surface area contributed by atoms with Crippen LogP contribution in [0.2, 0.25) is 0 Å². The fourth-order valence-corrected chi connectivity index (χ4v) is 7.04. The van der Waals surface area contributed by atoms with E-state index >= 15 is 0 Å². The standard InChI is InChI=1S/C42H26N6/c1-3-10-28(11-4-1)40-44-41(29-12-5-2-6-13-29)46-42(45-40)31-15-7-14-30(26-31)27-20-22-32(23-21-27)47-35-17-8-16-33-34-24-25-43-48(34)37-19-9-18-36(47)39(37)38(33)35/h1-26H. The van der Waals surface area contributed by atoms with E-state index in [9.17, 15) is 0 Å². The maximum absolute atomic E-state index is 4.94. The smallest absolute Gasteiger partial charge is 0.164 e. The molecule has 6 heteroatoms. The molecule has 10 aromatic rings. The third-order valence-corrected chi connectivity index (χ3v) is 9.22. The van der Waals surface area contributed by atoms with Gasteiger partial charge >= 0.3 is 0 Å². The normalized spacial score (nSPS) is 11.8. The molecule has 4 aromatic heterocycles. The third kappa shape index (κ3) is 4.06. The molecule has 0 bridgehead atoms. The van der Waals surface area contributed by atoms with Crippen molar-refractivity contribution >= 4 is 38.2 Å². The molecule has 0 fully saturated rings. The molecule has 0 aliphatic heterocycles. The van der Waals surface area contributed by atoms with E-state index in [1.54, 1.807) is 0 Å². The lowest BCUT2D eigenvalue weighted by Gasteiger charge is -2.11. The largest absolute Gasteiger partial charge is 0.309 e. The third-order valence-electron chi connectivity index (χ3n) is 9.22. The van der Waals surface area contributed by atoms with Crippen LogP contribution < -0.4 is 0 Å². The first-order chi connectivity index (χ1) is 23.8. The minimum absolute atomic E-state index is 0.642. The van der Waals surface area contributed by atoms with E-state index in [0.29, 0.717) is 17.5 Å². The van der Waals surface area contributed by atoms with Crippen LogP contribution in [0.1, 0.15) is 0 Å². The lowest BCUT2D eigenvalue weighted by atomic mass is 10.0. The van der Waals surface area contributed by atoms with Crippen LogP contribution in [-0.2, 0) is 0 Å². The number of benzene rings is 6. The summed E-state index contributed by atoms with van der Waals surface area (Å²) in [6, 6.07) is 52.5. The summed E-state index contributed by atoms with van der Waals surface area (Å²) >= 11 is 0. The quantitative estimate of drug-likeness (QED) is 0.181. The van der Waals surface area contributed by atoms with E-state index in [2.05, 4.69) is 105 Å². The van der Waals surface area contributed by atoms with E-state index in [4.69, 9.17) is 15.0 Å². The van der Waals surface area contributed by atoms with E-state index in [1.807, 2.05) is 66.9 Å².